The zero-order valence-corrected chi connectivity index (χ0v) is 26.3. The van der Waals surface area contributed by atoms with E-state index in [0.29, 0.717) is 0 Å². The number of para-hydroxylation sites is 1. The first kappa shape index (κ1) is 27.9. The van der Waals surface area contributed by atoms with Gasteiger partial charge < -0.3 is 4.90 Å². The number of anilines is 3. The maximum atomic E-state index is 2.46. The molecular formula is C43H39N. The lowest BCUT2D eigenvalue weighted by Gasteiger charge is -2.30. The van der Waals surface area contributed by atoms with Crippen molar-refractivity contribution < 1.29 is 0 Å². The van der Waals surface area contributed by atoms with Crippen LogP contribution in [0.25, 0.3) is 33.4 Å². The molecule has 0 saturated carbocycles. The van der Waals surface area contributed by atoms with E-state index in [9.17, 15) is 0 Å². The summed E-state index contributed by atoms with van der Waals surface area (Å²) >= 11 is 0. The van der Waals surface area contributed by atoms with Gasteiger partial charge in [-0.2, -0.15) is 0 Å². The number of hydrogen-bond donors (Lipinski definition) is 0. The molecule has 0 heterocycles. The molecule has 0 aromatic heterocycles. The zero-order valence-electron chi connectivity index (χ0n) is 26.3. The van der Waals surface area contributed by atoms with Gasteiger partial charge in [-0.25, -0.2) is 0 Å². The highest BCUT2D eigenvalue weighted by atomic mass is 15.1. The summed E-state index contributed by atoms with van der Waals surface area (Å²) in [5.74, 6) is 0. The van der Waals surface area contributed by atoms with Crippen LogP contribution < -0.4 is 4.90 Å². The quantitative estimate of drug-likeness (QED) is 0.200. The molecule has 1 nitrogen and oxygen atoms in total. The van der Waals surface area contributed by atoms with Gasteiger partial charge in [0.25, 0.3) is 0 Å². The molecule has 0 radical (unpaired) electrons. The maximum Gasteiger partial charge on any atom is 0.0543 e. The van der Waals surface area contributed by atoms with Crippen LogP contribution in [0.5, 0.6) is 0 Å². The third-order valence-electron chi connectivity index (χ3n) is 9.25. The van der Waals surface area contributed by atoms with Gasteiger partial charge in [-0.3, -0.25) is 0 Å². The predicted molar refractivity (Wildman–Crippen MR) is 188 cm³/mol. The van der Waals surface area contributed by atoms with Crippen molar-refractivity contribution in [3.63, 3.8) is 0 Å². The Morgan fingerprint density at radius 2 is 1.00 bits per heavy atom. The highest BCUT2D eigenvalue weighted by Crippen LogP contribution is 2.53. The topological polar surface area (TPSA) is 3.24 Å². The minimum atomic E-state index is -0.102. The highest BCUT2D eigenvalue weighted by molar-refractivity contribution is 5.94. The summed E-state index contributed by atoms with van der Waals surface area (Å²) in [5.41, 5.74) is 15.1. The summed E-state index contributed by atoms with van der Waals surface area (Å²) < 4.78 is 0. The van der Waals surface area contributed by atoms with Gasteiger partial charge in [0, 0.05) is 22.4 Å². The van der Waals surface area contributed by atoms with Crippen molar-refractivity contribution in [1.29, 1.82) is 0 Å². The summed E-state index contributed by atoms with van der Waals surface area (Å²) in [6.45, 7) is 11.6. The molecule has 6 aromatic carbocycles. The summed E-state index contributed by atoms with van der Waals surface area (Å²) in [6.07, 6.45) is 0. The Labute approximate surface area is 262 Å². The first-order chi connectivity index (χ1) is 21.2. The molecule has 1 aliphatic rings. The minimum absolute atomic E-state index is 0.0961. The van der Waals surface area contributed by atoms with Gasteiger partial charge in [0.05, 0.1) is 5.69 Å². The Balaban J connectivity index is 1.47. The maximum absolute atomic E-state index is 2.46. The third kappa shape index (κ3) is 4.83. The van der Waals surface area contributed by atoms with Crippen LogP contribution in [0.4, 0.5) is 17.1 Å². The van der Waals surface area contributed by atoms with E-state index in [1.807, 2.05) is 0 Å². The van der Waals surface area contributed by atoms with Gasteiger partial charge in [0.2, 0.25) is 0 Å². The number of benzene rings is 6. The summed E-state index contributed by atoms with van der Waals surface area (Å²) in [7, 11) is 0. The van der Waals surface area contributed by atoms with Crippen LogP contribution in [0.2, 0.25) is 0 Å². The van der Waals surface area contributed by atoms with E-state index in [4.69, 9.17) is 0 Å². The number of rotatable bonds is 5. The lowest BCUT2D eigenvalue weighted by Crippen LogP contribution is -2.17. The second-order valence-electron chi connectivity index (χ2n) is 13.5. The standard InChI is InChI=1S/C43H39N/c1-42(2,3)33-24-20-32(21-25-33)37-28-38-36-18-12-13-19-39(36)43(4,5)40(38)29-41(37)44(34-16-10-7-11-17-34)35-26-22-31(23-27-35)30-14-8-6-9-15-30/h6-29H,1-5H3. The van der Waals surface area contributed by atoms with E-state index in [1.165, 1.54) is 55.8 Å². The number of fused-ring (bicyclic) bond motifs is 3. The molecule has 0 atom stereocenters. The molecule has 0 bridgehead atoms. The molecule has 7 rings (SSSR count). The molecular weight excluding hydrogens is 530 g/mol. The molecule has 216 valence electrons. The second-order valence-corrected chi connectivity index (χ2v) is 13.5. The SMILES string of the molecule is CC(C)(C)c1ccc(-c2cc3c(cc2N(c2ccccc2)c2ccc(-c4ccccc4)cc2)C(C)(C)c2ccccc2-3)cc1. The molecule has 0 fully saturated rings. The van der Waals surface area contributed by atoms with Crippen molar-refractivity contribution in [2.45, 2.75) is 45.4 Å². The monoisotopic (exact) mass is 569 g/mol. The van der Waals surface area contributed by atoms with Crippen molar-refractivity contribution in [2.75, 3.05) is 4.90 Å². The van der Waals surface area contributed by atoms with Crippen LogP contribution in [0.3, 0.4) is 0 Å². The van der Waals surface area contributed by atoms with Gasteiger partial charge >= 0.3 is 0 Å². The van der Waals surface area contributed by atoms with Crippen molar-refractivity contribution in [1.82, 2.24) is 0 Å². The van der Waals surface area contributed by atoms with E-state index in [1.54, 1.807) is 0 Å². The average Bonchev–Trinajstić information content (AvgIpc) is 3.27. The molecule has 6 aromatic rings. The largest absolute Gasteiger partial charge is 0.310 e. The van der Waals surface area contributed by atoms with Crippen molar-refractivity contribution in [3.05, 3.63) is 162 Å². The molecule has 0 saturated heterocycles. The van der Waals surface area contributed by atoms with Crippen molar-refractivity contribution in [2.24, 2.45) is 0 Å². The van der Waals surface area contributed by atoms with Crippen LogP contribution in [0, 0.1) is 0 Å². The van der Waals surface area contributed by atoms with Gasteiger partial charge in [0.15, 0.2) is 0 Å². The van der Waals surface area contributed by atoms with Crippen molar-refractivity contribution in [3.8, 4) is 33.4 Å². The normalized spacial score (nSPS) is 13.3. The van der Waals surface area contributed by atoms with Gasteiger partial charge in [-0.05, 0) is 86.3 Å². The van der Waals surface area contributed by atoms with E-state index < -0.39 is 0 Å². The van der Waals surface area contributed by atoms with E-state index >= 15 is 0 Å². The predicted octanol–water partition coefficient (Wildman–Crippen LogP) is 12.1. The van der Waals surface area contributed by atoms with Gasteiger partial charge in [-0.15, -0.1) is 0 Å². The van der Waals surface area contributed by atoms with Crippen LogP contribution in [-0.4, -0.2) is 0 Å². The van der Waals surface area contributed by atoms with Crippen LogP contribution in [0.15, 0.2) is 146 Å². The fourth-order valence-corrected chi connectivity index (χ4v) is 6.74. The molecule has 0 aliphatic heterocycles. The van der Waals surface area contributed by atoms with E-state index in [-0.39, 0.29) is 10.8 Å². The molecule has 1 aliphatic carbocycles. The lowest BCUT2D eigenvalue weighted by atomic mass is 9.81. The van der Waals surface area contributed by atoms with E-state index in [0.717, 1.165) is 11.4 Å². The fourth-order valence-electron chi connectivity index (χ4n) is 6.74. The van der Waals surface area contributed by atoms with Gasteiger partial charge in [0.1, 0.15) is 0 Å². The van der Waals surface area contributed by atoms with E-state index in [2.05, 4.69) is 185 Å². The third-order valence-corrected chi connectivity index (χ3v) is 9.25. The Hall–Kier alpha value is -4.88. The van der Waals surface area contributed by atoms with Gasteiger partial charge in [-0.1, -0.05) is 144 Å². The Kier molecular flexibility index (Phi) is 6.78. The van der Waals surface area contributed by atoms with Crippen LogP contribution in [0.1, 0.15) is 51.3 Å². The first-order valence-corrected chi connectivity index (χ1v) is 15.6. The number of hydrogen-bond acceptors (Lipinski definition) is 1. The van der Waals surface area contributed by atoms with Crippen LogP contribution >= 0.6 is 0 Å². The summed E-state index contributed by atoms with van der Waals surface area (Å²) in [5, 5.41) is 0. The summed E-state index contributed by atoms with van der Waals surface area (Å²) in [6, 6.07) is 53.4. The first-order valence-electron chi connectivity index (χ1n) is 15.6. The second kappa shape index (κ2) is 10.7. The minimum Gasteiger partial charge on any atom is -0.310 e. The Morgan fingerprint density at radius 1 is 0.455 bits per heavy atom. The summed E-state index contributed by atoms with van der Waals surface area (Å²) in [4.78, 5) is 2.43. The molecule has 0 unspecified atom stereocenters. The Bertz CT molecular complexity index is 1920. The fraction of sp³-hybridized carbons (Fsp3) is 0.163. The molecule has 1 heteroatoms. The smallest absolute Gasteiger partial charge is 0.0543 e. The zero-order chi connectivity index (χ0) is 30.5. The van der Waals surface area contributed by atoms with Crippen LogP contribution in [-0.2, 0) is 10.8 Å². The molecule has 0 amide bonds. The molecule has 0 N–H and O–H groups in total. The average molecular weight is 570 g/mol. The lowest BCUT2D eigenvalue weighted by molar-refractivity contribution is 0.590. The number of nitrogens with zero attached hydrogens (tertiary/aromatic N) is 1. The molecule has 44 heavy (non-hydrogen) atoms. The highest BCUT2D eigenvalue weighted by Gasteiger charge is 2.37. The Morgan fingerprint density at radius 3 is 1.66 bits per heavy atom. The molecule has 0 spiro atoms. The van der Waals surface area contributed by atoms with Crippen molar-refractivity contribution >= 4 is 17.1 Å².